The molecule has 0 unspecified atom stereocenters. The van der Waals surface area contributed by atoms with E-state index in [1.165, 1.54) is 30.6 Å². The highest BCUT2D eigenvalue weighted by Crippen LogP contribution is 2.34. The number of halogens is 2. The standard InChI is InChI=1S/C20H17Cl2N3O4S2/c1-27-15-5-4-10(8-16(15)28-2)14-9-31-20(23-14)25-19(30)24-18(26)11-6-12(21)17(29-3)13(22)7-11/h4-9H,1-3H3,(H2,23,24,25,26,30). The summed E-state index contributed by atoms with van der Waals surface area (Å²) in [6, 6.07) is 8.40. The highest BCUT2D eigenvalue weighted by molar-refractivity contribution is 7.80. The molecule has 0 radical (unpaired) electrons. The van der Waals surface area contributed by atoms with E-state index in [0.717, 1.165) is 11.3 Å². The van der Waals surface area contributed by atoms with Crippen LogP contribution in [0.2, 0.25) is 10.0 Å². The minimum atomic E-state index is -0.472. The number of benzene rings is 2. The van der Waals surface area contributed by atoms with Gasteiger partial charge in [0.2, 0.25) is 0 Å². The third kappa shape index (κ3) is 5.37. The molecule has 0 aliphatic rings. The molecule has 31 heavy (non-hydrogen) atoms. The smallest absolute Gasteiger partial charge is 0.257 e. The number of nitrogens with zero attached hydrogens (tertiary/aromatic N) is 1. The van der Waals surface area contributed by atoms with Gasteiger partial charge in [-0.15, -0.1) is 11.3 Å². The van der Waals surface area contributed by atoms with E-state index < -0.39 is 5.91 Å². The molecule has 1 heterocycles. The summed E-state index contributed by atoms with van der Waals surface area (Å²) in [5.41, 5.74) is 1.81. The summed E-state index contributed by atoms with van der Waals surface area (Å²) in [6.07, 6.45) is 0. The highest BCUT2D eigenvalue weighted by atomic mass is 35.5. The summed E-state index contributed by atoms with van der Waals surface area (Å²) in [6.45, 7) is 0. The summed E-state index contributed by atoms with van der Waals surface area (Å²) in [7, 11) is 4.58. The van der Waals surface area contributed by atoms with E-state index in [4.69, 9.17) is 49.6 Å². The first-order valence-corrected chi connectivity index (χ1v) is 10.7. The maximum atomic E-state index is 12.5. The lowest BCUT2D eigenvalue weighted by Gasteiger charge is -2.10. The molecule has 0 atom stereocenters. The minimum absolute atomic E-state index is 0.0845. The molecule has 2 aromatic carbocycles. The van der Waals surface area contributed by atoms with Gasteiger partial charge in [-0.1, -0.05) is 23.2 Å². The molecule has 1 aromatic heterocycles. The van der Waals surface area contributed by atoms with E-state index in [1.807, 2.05) is 17.5 Å². The Balaban J connectivity index is 1.68. The molecule has 2 N–H and O–H groups in total. The number of thiazole rings is 1. The second-order valence-electron chi connectivity index (χ2n) is 5.99. The van der Waals surface area contributed by atoms with Crippen molar-refractivity contribution in [1.82, 2.24) is 10.3 Å². The van der Waals surface area contributed by atoms with Gasteiger partial charge in [0.1, 0.15) is 0 Å². The first kappa shape index (κ1) is 23.1. The average Bonchev–Trinajstić information content (AvgIpc) is 3.21. The van der Waals surface area contributed by atoms with Crippen molar-refractivity contribution in [2.75, 3.05) is 26.6 Å². The number of anilines is 1. The Morgan fingerprint density at radius 3 is 2.32 bits per heavy atom. The Morgan fingerprint density at radius 2 is 1.71 bits per heavy atom. The zero-order valence-corrected chi connectivity index (χ0v) is 19.8. The maximum Gasteiger partial charge on any atom is 0.257 e. The highest BCUT2D eigenvalue weighted by Gasteiger charge is 2.15. The van der Waals surface area contributed by atoms with E-state index in [1.54, 1.807) is 20.3 Å². The number of aromatic nitrogens is 1. The normalized spacial score (nSPS) is 10.4. The fourth-order valence-corrected chi connectivity index (χ4v) is 4.27. The number of hydrogen-bond donors (Lipinski definition) is 2. The Kier molecular flexibility index (Phi) is 7.55. The molecule has 7 nitrogen and oxygen atoms in total. The van der Waals surface area contributed by atoms with Crippen molar-refractivity contribution in [2.45, 2.75) is 0 Å². The van der Waals surface area contributed by atoms with Crippen LogP contribution in [0.1, 0.15) is 10.4 Å². The molecule has 0 saturated carbocycles. The van der Waals surface area contributed by atoms with Gasteiger partial charge in [-0.25, -0.2) is 4.98 Å². The third-order valence-corrected chi connectivity index (χ3v) is 5.62. The van der Waals surface area contributed by atoms with E-state index in [-0.39, 0.29) is 20.7 Å². The zero-order chi connectivity index (χ0) is 22.5. The zero-order valence-electron chi connectivity index (χ0n) is 16.6. The Labute approximate surface area is 198 Å². The topological polar surface area (TPSA) is 81.7 Å². The summed E-state index contributed by atoms with van der Waals surface area (Å²) < 4.78 is 15.7. The number of carbonyl (C=O) groups excluding carboxylic acids is 1. The summed E-state index contributed by atoms with van der Waals surface area (Å²) in [5.74, 6) is 1.05. The molecule has 0 saturated heterocycles. The van der Waals surface area contributed by atoms with Gasteiger partial charge >= 0.3 is 0 Å². The van der Waals surface area contributed by atoms with E-state index in [2.05, 4.69) is 15.6 Å². The van der Waals surface area contributed by atoms with E-state index in [0.29, 0.717) is 22.4 Å². The molecule has 0 aliphatic heterocycles. The second kappa shape index (κ2) is 10.1. The molecular formula is C20H17Cl2N3O4S2. The molecule has 0 bridgehead atoms. The summed E-state index contributed by atoms with van der Waals surface area (Å²) >= 11 is 18.7. The van der Waals surface area contributed by atoms with Gasteiger partial charge in [-0.2, -0.15) is 0 Å². The molecule has 0 fully saturated rings. The minimum Gasteiger partial charge on any atom is -0.494 e. The van der Waals surface area contributed by atoms with Crippen molar-refractivity contribution >= 4 is 62.9 Å². The van der Waals surface area contributed by atoms with Crippen LogP contribution in [-0.4, -0.2) is 37.3 Å². The number of ether oxygens (including phenoxy) is 3. The van der Waals surface area contributed by atoms with E-state index in [9.17, 15) is 4.79 Å². The van der Waals surface area contributed by atoms with Crippen LogP contribution < -0.4 is 24.8 Å². The van der Waals surface area contributed by atoms with E-state index >= 15 is 0 Å². The molecular weight excluding hydrogens is 481 g/mol. The van der Waals surface area contributed by atoms with Crippen LogP contribution in [-0.2, 0) is 0 Å². The first-order chi connectivity index (χ1) is 14.9. The second-order valence-corrected chi connectivity index (χ2v) is 8.07. The van der Waals surface area contributed by atoms with Crippen molar-refractivity contribution in [3.63, 3.8) is 0 Å². The molecule has 162 valence electrons. The maximum absolute atomic E-state index is 12.5. The predicted octanol–water partition coefficient (Wildman–Crippen LogP) is 5.27. The number of nitrogens with one attached hydrogen (secondary N) is 2. The molecule has 11 heteroatoms. The van der Waals surface area contributed by atoms with Crippen LogP contribution in [0.5, 0.6) is 17.2 Å². The van der Waals surface area contributed by atoms with Crippen molar-refractivity contribution in [2.24, 2.45) is 0 Å². The molecule has 1 amide bonds. The fraction of sp³-hybridized carbons (Fsp3) is 0.150. The number of amides is 1. The van der Waals surface area contributed by atoms with Gasteiger partial charge in [0.25, 0.3) is 5.91 Å². The number of thiocarbonyl (C=S) groups is 1. The number of rotatable bonds is 6. The Hall–Kier alpha value is -2.59. The summed E-state index contributed by atoms with van der Waals surface area (Å²) in [5, 5.41) is 8.37. The summed E-state index contributed by atoms with van der Waals surface area (Å²) in [4.78, 5) is 17.0. The average molecular weight is 498 g/mol. The molecule has 0 spiro atoms. The quantitative estimate of drug-likeness (QED) is 0.448. The molecule has 0 aliphatic carbocycles. The Morgan fingerprint density at radius 1 is 1.03 bits per heavy atom. The monoisotopic (exact) mass is 497 g/mol. The van der Waals surface area contributed by atoms with Gasteiger partial charge in [-0.05, 0) is 42.5 Å². The number of hydrogen-bond acceptors (Lipinski definition) is 7. The van der Waals surface area contributed by atoms with Crippen LogP contribution in [0.15, 0.2) is 35.7 Å². The van der Waals surface area contributed by atoms with Crippen LogP contribution >= 0.6 is 46.8 Å². The molecule has 3 rings (SSSR count). The van der Waals surface area contributed by atoms with Crippen molar-refractivity contribution in [3.05, 3.63) is 51.3 Å². The van der Waals surface area contributed by atoms with Gasteiger partial charge in [0.15, 0.2) is 27.5 Å². The van der Waals surface area contributed by atoms with Crippen LogP contribution in [0.25, 0.3) is 11.3 Å². The predicted molar refractivity (Wildman–Crippen MR) is 127 cm³/mol. The van der Waals surface area contributed by atoms with Gasteiger partial charge in [0, 0.05) is 16.5 Å². The first-order valence-electron chi connectivity index (χ1n) is 8.69. The SMILES string of the molecule is COc1ccc(-c2csc(NC(=S)NC(=O)c3cc(Cl)c(OC)c(Cl)c3)n2)cc1OC. The van der Waals surface area contributed by atoms with Crippen LogP contribution in [0.4, 0.5) is 5.13 Å². The third-order valence-electron chi connectivity index (χ3n) is 4.10. The number of methoxy groups -OCH3 is 3. The lowest BCUT2D eigenvalue weighted by Crippen LogP contribution is -2.34. The van der Waals surface area contributed by atoms with Crippen molar-refractivity contribution in [3.8, 4) is 28.5 Å². The lowest BCUT2D eigenvalue weighted by molar-refractivity contribution is 0.0977. The Bertz CT molecular complexity index is 1110. The lowest BCUT2D eigenvalue weighted by atomic mass is 10.1. The van der Waals surface area contributed by atoms with Crippen LogP contribution in [0, 0.1) is 0 Å². The molecule has 3 aromatic rings. The van der Waals surface area contributed by atoms with Gasteiger partial charge < -0.3 is 19.5 Å². The van der Waals surface area contributed by atoms with Gasteiger partial charge in [0.05, 0.1) is 37.1 Å². The van der Waals surface area contributed by atoms with Crippen molar-refractivity contribution in [1.29, 1.82) is 0 Å². The van der Waals surface area contributed by atoms with Crippen LogP contribution in [0.3, 0.4) is 0 Å². The van der Waals surface area contributed by atoms with Crippen molar-refractivity contribution < 1.29 is 19.0 Å². The largest absolute Gasteiger partial charge is 0.494 e. The fourth-order valence-electron chi connectivity index (χ4n) is 2.65. The number of carbonyl (C=O) groups is 1. The van der Waals surface area contributed by atoms with Gasteiger partial charge in [-0.3, -0.25) is 10.1 Å².